The summed E-state index contributed by atoms with van der Waals surface area (Å²) in [6.45, 7) is 6.60. The number of pyridine rings is 1. The third kappa shape index (κ3) is 2.09. The average Bonchev–Trinajstić information content (AvgIpc) is 2.96. The Morgan fingerprint density at radius 1 is 1.40 bits per heavy atom. The monoisotopic (exact) mass is 270 g/mol. The summed E-state index contributed by atoms with van der Waals surface area (Å²) < 4.78 is 0. The first-order chi connectivity index (χ1) is 9.56. The highest BCUT2D eigenvalue weighted by Crippen LogP contribution is 2.28. The van der Waals surface area contributed by atoms with Crippen LogP contribution in [0.5, 0.6) is 0 Å². The molecule has 0 aromatic carbocycles. The predicted molar refractivity (Wildman–Crippen MR) is 76.8 cm³/mol. The molecule has 3 heterocycles. The Bertz CT molecular complexity index is 655. The molecule has 0 bridgehead atoms. The van der Waals surface area contributed by atoms with Crippen molar-refractivity contribution in [2.24, 2.45) is 0 Å². The van der Waals surface area contributed by atoms with Gasteiger partial charge in [-0.25, -0.2) is 0 Å². The number of carbonyl (C=O) groups excluding carboxylic acids is 1. The van der Waals surface area contributed by atoms with Crippen LogP contribution in [0.15, 0.2) is 12.3 Å². The highest BCUT2D eigenvalue weighted by molar-refractivity contribution is 5.96. The summed E-state index contributed by atoms with van der Waals surface area (Å²) >= 11 is 0. The van der Waals surface area contributed by atoms with Gasteiger partial charge in [0.05, 0.1) is 23.5 Å². The van der Waals surface area contributed by atoms with Crippen molar-refractivity contribution < 1.29 is 4.79 Å². The van der Waals surface area contributed by atoms with Crippen molar-refractivity contribution in [3.8, 4) is 0 Å². The quantitative estimate of drug-likeness (QED) is 0.906. The molecular formula is C15H18N4O. The van der Waals surface area contributed by atoms with E-state index in [0.717, 1.165) is 46.9 Å². The number of aromatic amines is 1. The molecule has 1 aliphatic heterocycles. The van der Waals surface area contributed by atoms with Gasteiger partial charge in [0.2, 0.25) is 5.91 Å². The number of rotatable bonds is 2. The van der Waals surface area contributed by atoms with Gasteiger partial charge in [-0.2, -0.15) is 5.10 Å². The number of hydrogen-bond donors (Lipinski definition) is 1. The summed E-state index contributed by atoms with van der Waals surface area (Å²) in [7, 11) is 0. The van der Waals surface area contributed by atoms with Gasteiger partial charge >= 0.3 is 0 Å². The van der Waals surface area contributed by atoms with E-state index in [1.807, 2.05) is 37.9 Å². The largest absolute Gasteiger partial charge is 0.310 e. The lowest BCUT2D eigenvalue weighted by atomic mass is 10.1. The summed E-state index contributed by atoms with van der Waals surface area (Å²) in [5, 5.41) is 7.07. The molecule has 104 valence electrons. The Balaban J connectivity index is 1.85. The number of aryl methyl sites for hydroxylation is 3. The van der Waals surface area contributed by atoms with Crippen molar-refractivity contribution in [3.63, 3.8) is 0 Å². The Kier molecular flexibility index (Phi) is 3.04. The molecule has 0 aliphatic carbocycles. The number of nitrogens with zero attached hydrogens (tertiary/aromatic N) is 3. The number of carbonyl (C=O) groups is 1. The molecule has 0 fully saturated rings. The van der Waals surface area contributed by atoms with Crippen LogP contribution >= 0.6 is 0 Å². The third-order valence-electron chi connectivity index (χ3n) is 3.86. The van der Waals surface area contributed by atoms with Gasteiger partial charge in [0.25, 0.3) is 0 Å². The topological polar surface area (TPSA) is 61.9 Å². The second kappa shape index (κ2) is 4.74. The molecule has 0 atom stereocenters. The van der Waals surface area contributed by atoms with Gasteiger partial charge in [-0.3, -0.25) is 14.9 Å². The van der Waals surface area contributed by atoms with E-state index < -0.39 is 0 Å². The molecule has 5 nitrogen and oxygen atoms in total. The fourth-order valence-electron chi connectivity index (χ4n) is 2.69. The van der Waals surface area contributed by atoms with Crippen LogP contribution in [0.1, 0.15) is 28.2 Å². The molecular weight excluding hydrogens is 252 g/mol. The zero-order valence-electron chi connectivity index (χ0n) is 12.0. The predicted octanol–water partition coefficient (Wildman–Crippen LogP) is 1.86. The molecule has 0 saturated carbocycles. The zero-order chi connectivity index (χ0) is 14.3. The van der Waals surface area contributed by atoms with Crippen LogP contribution < -0.4 is 4.90 Å². The maximum absolute atomic E-state index is 12.5. The number of H-pyrrole nitrogens is 1. The number of amides is 1. The van der Waals surface area contributed by atoms with Gasteiger partial charge in [0, 0.05) is 30.4 Å². The Morgan fingerprint density at radius 2 is 2.20 bits per heavy atom. The van der Waals surface area contributed by atoms with E-state index in [4.69, 9.17) is 0 Å². The first-order valence-corrected chi connectivity index (χ1v) is 6.82. The molecule has 0 saturated heterocycles. The minimum Gasteiger partial charge on any atom is -0.310 e. The van der Waals surface area contributed by atoms with Crippen molar-refractivity contribution in [2.75, 3.05) is 11.4 Å². The number of hydrogen-bond acceptors (Lipinski definition) is 3. The summed E-state index contributed by atoms with van der Waals surface area (Å²) in [5.74, 6) is 0.115. The van der Waals surface area contributed by atoms with Gasteiger partial charge < -0.3 is 4.90 Å². The summed E-state index contributed by atoms with van der Waals surface area (Å²) in [6, 6.07) is 2.04. The van der Waals surface area contributed by atoms with E-state index in [2.05, 4.69) is 15.2 Å². The third-order valence-corrected chi connectivity index (χ3v) is 3.86. The molecule has 1 aliphatic rings. The molecule has 20 heavy (non-hydrogen) atoms. The van der Waals surface area contributed by atoms with Crippen molar-refractivity contribution >= 4 is 11.6 Å². The van der Waals surface area contributed by atoms with Crippen LogP contribution in [0, 0.1) is 20.8 Å². The van der Waals surface area contributed by atoms with E-state index in [0.29, 0.717) is 6.42 Å². The highest BCUT2D eigenvalue weighted by Gasteiger charge is 2.26. The fourth-order valence-corrected chi connectivity index (χ4v) is 2.69. The maximum Gasteiger partial charge on any atom is 0.231 e. The van der Waals surface area contributed by atoms with E-state index in [9.17, 15) is 4.79 Å². The number of aromatic nitrogens is 3. The molecule has 2 aromatic rings. The van der Waals surface area contributed by atoms with Gasteiger partial charge in [-0.15, -0.1) is 0 Å². The lowest BCUT2D eigenvalue weighted by Gasteiger charge is -2.17. The Labute approximate surface area is 118 Å². The average molecular weight is 270 g/mol. The van der Waals surface area contributed by atoms with Gasteiger partial charge in [0.15, 0.2) is 0 Å². The molecule has 0 unspecified atom stereocenters. The van der Waals surface area contributed by atoms with E-state index in [1.54, 1.807) is 0 Å². The van der Waals surface area contributed by atoms with Gasteiger partial charge in [-0.1, -0.05) is 0 Å². The normalized spacial score (nSPS) is 13.7. The Hall–Kier alpha value is -2.17. The minimum absolute atomic E-state index is 0.115. The van der Waals surface area contributed by atoms with Crippen molar-refractivity contribution in [1.29, 1.82) is 0 Å². The first-order valence-electron chi connectivity index (χ1n) is 6.82. The Morgan fingerprint density at radius 3 is 2.90 bits per heavy atom. The standard InChI is InChI=1S/C15H18N4O/c1-9-6-14-13(16-8-9)4-5-19(14)15(20)7-12-10(2)17-18-11(12)3/h6,8H,4-5,7H2,1-3H3,(H,17,18). The lowest BCUT2D eigenvalue weighted by Crippen LogP contribution is -2.30. The van der Waals surface area contributed by atoms with Crippen molar-refractivity contribution in [1.82, 2.24) is 15.2 Å². The first kappa shape index (κ1) is 12.8. The van der Waals surface area contributed by atoms with Gasteiger partial charge in [0.1, 0.15) is 0 Å². The number of anilines is 1. The van der Waals surface area contributed by atoms with E-state index in [-0.39, 0.29) is 5.91 Å². The van der Waals surface area contributed by atoms with Crippen LogP contribution in [0.25, 0.3) is 0 Å². The van der Waals surface area contributed by atoms with Crippen LogP contribution in [0.3, 0.4) is 0 Å². The SMILES string of the molecule is Cc1cnc2c(c1)N(C(=O)Cc1c(C)n[nH]c1C)CC2. The lowest BCUT2D eigenvalue weighted by molar-refractivity contribution is -0.117. The fraction of sp³-hybridized carbons (Fsp3) is 0.400. The molecule has 0 spiro atoms. The number of nitrogens with one attached hydrogen (secondary N) is 1. The van der Waals surface area contributed by atoms with E-state index >= 15 is 0 Å². The zero-order valence-corrected chi connectivity index (χ0v) is 12.0. The van der Waals surface area contributed by atoms with Gasteiger partial charge in [-0.05, 0) is 32.4 Å². The summed E-state index contributed by atoms with van der Waals surface area (Å²) in [6.07, 6.45) is 3.09. The summed E-state index contributed by atoms with van der Waals surface area (Å²) in [4.78, 5) is 18.8. The van der Waals surface area contributed by atoms with Crippen LogP contribution in [-0.2, 0) is 17.6 Å². The maximum atomic E-state index is 12.5. The molecule has 3 rings (SSSR count). The molecule has 2 aromatic heterocycles. The molecule has 5 heteroatoms. The second-order valence-corrected chi connectivity index (χ2v) is 5.36. The smallest absolute Gasteiger partial charge is 0.231 e. The number of fused-ring (bicyclic) bond motifs is 1. The summed E-state index contributed by atoms with van der Waals surface area (Å²) in [5.41, 5.74) is 5.94. The van der Waals surface area contributed by atoms with Crippen molar-refractivity contribution in [3.05, 3.63) is 40.5 Å². The highest BCUT2D eigenvalue weighted by atomic mass is 16.2. The minimum atomic E-state index is 0.115. The van der Waals surface area contributed by atoms with Crippen LogP contribution in [0.4, 0.5) is 5.69 Å². The van der Waals surface area contributed by atoms with Crippen molar-refractivity contribution in [2.45, 2.75) is 33.6 Å². The second-order valence-electron chi connectivity index (χ2n) is 5.36. The van der Waals surface area contributed by atoms with Crippen LogP contribution in [-0.4, -0.2) is 27.6 Å². The van der Waals surface area contributed by atoms with Crippen LogP contribution in [0.2, 0.25) is 0 Å². The molecule has 1 N–H and O–H groups in total. The van der Waals surface area contributed by atoms with E-state index in [1.165, 1.54) is 0 Å². The molecule has 1 amide bonds. The molecule has 0 radical (unpaired) electrons.